The summed E-state index contributed by atoms with van der Waals surface area (Å²) in [5.74, 6) is -2.63. The van der Waals surface area contributed by atoms with Gasteiger partial charge in [0.25, 0.3) is 0 Å². The highest BCUT2D eigenvalue weighted by Gasteiger charge is 2.52. The first-order valence-corrected chi connectivity index (χ1v) is 16.8. The molecule has 20 nitrogen and oxygen atoms in total. The molecule has 11 N–H and O–H groups in total. The number of aromatic hydroxyl groups is 3. The topological polar surface area (TPSA) is 317 Å². The molecule has 15 atom stereocenters. The second-order valence-electron chi connectivity index (χ2n) is 13.3. The number of phenolic OH excluding ortho intramolecular Hbond substituents is 3. The van der Waals surface area contributed by atoms with Crippen molar-refractivity contribution >= 4 is 11.0 Å². The number of benzene rings is 2. The number of ether oxygens (including phenoxy) is 7. The molecule has 0 saturated carbocycles. The molecule has 54 heavy (non-hydrogen) atoms. The van der Waals surface area contributed by atoms with Crippen molar-refractivity contribution in [3.63, 3.8) is 0 Å². The van der Waals surface area contributed by atoms with E-state index in [1.807, 2.05) is 0 Å². The summed E-state index contributed by atoms with van der Waals surface area (Å²) in [6.07, 6.45) is -24.9. The van der Waals surface area contributed by atoms with Crippen LogP contribution in [0.1, 0.15) is 13.8 Å². The molecule has 0 radical (unpaired) electrons. The monoisotopic (exact) mass is 770 g/mol. The number of hydrogen-bond acceptors (Lipinski definition) is 20. The van der Waals surface area contributed by atoms with E-state index in [9.17, 15) is 61.0 Å². The minimum absolute atomic E-state index is 0.0468. The molecule has 2 aromatic carbocycles. The van der Waals surface area contributed by atoms with Gasteiger partial charge < -0.3 is 93.7 Å². The Bertz CT molecular complexity index is 1850. The maximum atomic E-state index is 14.2. The lowest BCUT2D eigenvalue weighted by Crippen LogP contribution is -2.65. The standard InChI is InChI=1S/C34H42O20/c1-10-20(38)24(42)27(45)32(49-10)48-9-18-22(40)26(44)31(54-33-28(46)25(43)21(39)11(2)50-33)34(52-18)53-30-23(41)19-15(37)7-13(35)8-17(19)51-29(30)12-4-5-14(36)16(6-12)47-3/h4-8,10-11,18,20-22,24-28,31-40,42-46H,9H2,1-3H3/t10-,11-,18+,20-,21-,22-,24+,25+,26-,27+,28+,31+,32+,33-,34-/m0/s1. The summed E-state index contributed by atoms with van der Waals surface area (Å²) in [7, 11) is 1.26. The Hall–Kier alpha value is -3.87. The highest BCUT2D eigenvalue weighted by Crippen LogP contribution is 2.40. The zero-order valence-corrected chi connectivity index (χ0v) is 28.8. The molecular weight excluding hydrogens is 728 g/mol. The minimum Gasteiger partial charge on any atom is -0.508 e. The van der Waals surface area contributed by atoms with Crippen LogP contribution in [-0.4, -0.2) is 162 Å². The van der Waals surface area contributed by atoms with Gasteiger partial charge in [-0.2, -0.15) is 0 Å². The molecule has 3 aliphatic heterocycles. The van der Waals surface area contributed by atoms with Crippen LogP contribution < -0.4 is 14.9 Å². The van der Waals surface area contributed by atoms with Crippen LogP contribution in [0.4, 0.5) is 0 Å². The van der Waals surface area contributed by atoms with Crippen LogP contribution in [0.3, 0.4) is 0 Å². The third-order valence-electron chi connectivity index (χ3n) is 9.57. The van der Waals surface area contributed by atoms with Crippen molar-refractivity contribution < 1.29 is 93.7 Å². The number of hydrogen-bond donors (Lipinski definition) is 11. The van der Waals surface area contributed by atoms with Crippen LogP contribution in [0.5, 0.6) is 28.7 Å². The summed E-state index contributed by atoms with van der Waals surface area (Å²) in [5.41, 5.74) is -1.31. The summed E-state index contributed by atoms with van der Waals surface area (Å²) in [4.78, 5) is 14.2. The van der Waals surface area contributed by atoms with E-state index < -0.39 is 127 Å². The predicted molar refractivity (Wildman–Crippen MR) is 176 cm³/mol. The average molecular weight is 771 g/mol. The molecule has 1 aromatic heterocycles. The van der Waals surface area contributed by atoms with Crippen molar-refractivity contribution in [2.24, 2.45) is 0 Å². The molecule has 0 unspecified atom stereocenters. The molecule has 3 fully saturated rings. The van der Waals surface area contributed by atoms with E-state index in [0.717, 1.165) is 12.1 Å². The van der Waals surface area contributed by atoms with Gasteiger partial charge in [-0.3, -0.25) is 4.79 Å². The van der Waals surface area contributed by atoms with Crippen LogP contribution in [0.25, 0.3) is 22.3 Å². The Kier molecular flexibility index (Phi) is 11.6. The van der Waals surface area contributed by atoms with Crippen molar-refractivity contribution in [2.45, 2.75) is 106 Å². The van der Waals surface area contributed by atoms with Gasteiger partial charge in [0.05, 0.1) is 25.9 Å². The summed E-state index contributed by atoms with van der Waals surface area (Å²) < 4.78 is 45.6. The molecule has 3 aliphatic rings. The number of methoxy groups -OCH3 is 1. The number of aliphatic hydroxyl groups excluding tert-OH is 8. The first-order valence-electron chi connectivity index (χ1n) is 16.8. The summed E-state index contributed by atoms with van der Waals surface area (Å²) in [6, 6.07) is 5.69. The lowest BCUT2D eigenvalue weighted by atomic mass is 9.97. The molecule has 0 aliphatic carbocycles. The van der Waals surface area contributed by atoms with E-state index in [-0.39, 0.29) is 28.4 Å². The number of phenols is 3. The summed E-state index contributed by atoms with van der Waals surface area (Å²) in [6.45, 7) is 2.09. The lowest BCUT2D eigenvalue weighted by molar-refractivity contribution is -0.360. The maximum Gasteiger partial charge on any atom is 0.239 e. The number of fused-ring (bicyclic) bond motifs is 1. The van der Waals surface area contributed by atoms with Gasteiger partial charge in [0.15, 0.2) is 35.9 Å². The zero-order chi connectivity index (χ0) is 39.3. The molecule has 0 spiro atoms. The highest BCUT2D eigenvalue weighted by atomic mass is 16.8. The van der Waals surface area contributed by atoms with Crippen molar-refractivity contribution in [3.8, 4) is 40.1 Å². The predicted octanol–water partition coefficient (Wildman–Crippen LogP) is -2.53. The van der Waals surface area contributed by atoms with Crippen LogP contribution in [0, 0.1) is 0 Å². The molecule has 298 valence electrons. The largest absolute Gasteiger partial charge is 0.508 e. The van der Waals surface area contributed by atoms with Gasteiger partial charge >= 0.3 is 0 Å². The first-order chi connectivity index (χ1) is 25.5. The molecule has 6 rings (SSSR count). The van der Waals surface area contributed by atoms with E-state index in [2.05, 4.69) is 0 Å². The maximum absolute atomic E-state index is 14.2. The molecule has 3 aromatic rings. The van der Waals surface area contributed by atoms with Gasteiger partial charge in [0, 0.05) is 17.7 Å². The highest BCUT2D eigenvalue weighted by molar-refractivity contribution is 5.88. The quantitative estimate of drug-likeness (QED) is 0.107. The van der Waals surface area contributed by atoms with Crippen LogP contribution in [0.2, 0.25) is 0 Å². The number of aliphatic hydroxyl groups is 8. The SMILES string of the molecule is COc1cc(-c2oc3cc(O)cc(O)c3c(=O)c2O[C@@H]2O[C@H](CO[C@@H]3O[C@@H](C)[C@H](O)[C@@H](O)[C@H]3O)[C@H](O)[C@H](O)[C@H]2O[C@@H]2O[C@@H](C)[C@H](O)[C@@H](O)[C@H]2O)ccc1O. The Morgan fingerprint density at radius 2 is 1.31 bits per heavy atom. The van der Waals surface area contributed by atoms with Crippen LogP contribution >= 0.6 is 0 Å². The first kappa shape index (κ1) is 39.8. The molecular formula is C34H42O20. The smallest absolute Gasteiger partial charge is 0.239 e. The van der Waals surface area contributed by atoms with Gasteiger partial charge in [-0.15, -0.1) is 0 Å². The molecule has 3 saturated heterocycles. The Morgan fingerprint density at radius 1 is 0.685 bits per heavy atom. The second kappa shape index (κ2) is 15.7. The summed E-state index contributed by atoms with van der Waals surface area (Å²) >= 11 is 0. The lowest BCUT2D eigenvalue weighted by Gasteiger charge is -2.46. The van der Waals surface area contributed by atoms with Gasteiger partial charge in [-0.1, -0.05) is 0 Å². The third kappa shape index (κ3) is 7.41. The van der Waals surface area contributed by atoms with E-state index in [0.29, 0.717) is 0 Å². The van der Waals surface area contributed by atoms with Crippen molar-refractivity contribution in [1.29, 1.82) is 0 Å². The van der Waals surface area contributed by atoms with Crippen LogP contribution in [0.15, 0.2) is 39.5 Å². The van der Waals surface area contributed by atoms with Crippen molar-refractivity contribution in [3.05, 3.63) is 40.6 Å². The molecule has 20 heteroatoms. The molecule has 0 bridgehead atoms. The Balaban J connectivity index is 1.41. The fourth-order valence-electron chi connectivity index (χ4n) is 6.40. The van der Waals surface area contributed by atoms with Gasteiger partial charge in [-0.05, 0) is 32.0 Å². The van der Waals surface area contributed by atoms with E-state index >= 15 is 0 Å². The van der Waals surface area contributed by atoms with E-state index in [1.54, 1.807) is 0 Å². The van der Waals surface area contributed by atoms with Crippen molar-refractivity contribution in [2.75, 3.05) is 13.7 Å². The fraction of sp³-hybridized carbons (Fsp3) is 0.559. The third-order valence-corrected chi connectivity index (χ3v) is 9.57. The van der Waals surface area contributed by atoms with E-state index in [4.69, 9.17) is 37.6 Å². The summed E-state index contributed by atoms with van der Waals surface area (Å²) in [5, 5.41) is 115. The van der Waals surface area contributed by atoms with Crippen molar-refractivity contribution in [1.82, 2.24) is 0 Å². The normalized spacial score (nSPS) is 37.3. The Morgan fingerprint density at radius 3 is 1.96 bits per heavy atom. The minimum atomic E-state index is -2.02. The second-order valence-corrected chi connectivity index (χ2v) is 13.3. The van der Waals surface area contributed by atoms with Gasteiger partial charge in [0.1, 0.15) is 77.4 Å². The van der Waals surface area contributed by atoms with Gasteiger partial charge in [-0.25, -0.2) is 0 Å². The molecule has 4 heterocycles. The van der Waals surface area contributed by atoms with Gasteiger partial charge in [0.2, 0.25) is 17.5 Å². The number of rotatable bonds is 9. The Labute approximate surface area is 305 Å². The fourth-order valence-corrected chi connectivity index (χ4v) is 6.40. The molecule has 0 amide bonds. The zero-order valence-electron chi connectivity index (χ0n) is 28.8. The van der Waals surface area contributed by atoms with E-state index in [1.165, 1.54) is 39.2 Å². The average Bonchev–Trinajstić information content (AvgIpc) is 3.13. The van der Waals surface area contributed by atoms with Crippen LogP contribution in [-0.2, 0) is 23.7 Å².